The van der Waals surface area contributed by atoms with Gasteiger partial charge in [-0.3, -0.25) is 4.79 Å². The molecular formula is C15H23ClN2O. The van der Waals surface area contributed by atoms with Gasteiger partial charge in [-0.2, -0.15) is 0 Å². The molecule has 0 unspecified atom stereocenters. The molecule has 1 aliphatic carbocycles. The summed E-state index contributed by atoms with van der Waals surface area (Å²) in [4.78, 5) is 12.1. The Labute approximate surface area is 121 Å². The van der Waals surface area contributed by atoms with Crippen LogP contribution >= 0.6 is 12.4 Å². The van der Waals surface area contributed by atoms with Crippen molar-refractivity contribution in [2.45, 2.75) is 51.0 Å². The highest BCUT2D eigenvalue weighted by atomic mass is 35.5. The normalized spacial score (nSPS) is 16.8. The number of amides is 1. The van der Waals surface area contributed by atoms with E-state index in [4.69, 9.17) is 5.73 Å². The Morgan fingerprint density at radius 3 is 2.37 bits per heavy atom. The van der Waals surface area contributed by atoms with Crippen LogP contribution in [-0.4, -0.2) is 11.9 Å². The van der Waals surface area contributed by atoms with E-state index < -0.39 is 0 Å². The van der Waals surface area contributed by atoms with Crippen LogP contribution < -0.4 is 11.1 Å². The van der Waals surface area contributed by atoms with Crippen molar-refractivity contribution in [3.8, 4) is 0 Å². The van der Waals surface area contributed by atoms with Crippen LogP contribution in [0.4, 0.5) is 5.69 Å². The summed E-state index contributed by atoms with van der Waals surface area (Å²) in [6.45, 7) is 0. The lowest BCUT2D eigenvalue weighted by atomic mass is 9.96. The lowest BCUT2D eigenvalue weighted by molar-refractivity contribution is 0.0930. The first-order chi connectivity index (χ1) is 8.75. The number of carbonyl (C=O) groups is 1. The Balaban J connectivity index is 0.00000180. The van der Waals surface area contributed by atoms with Crippen molar-refractivity contribution in [3.05, 3.63) is 29.8 Å². The van der Waals surface area contributed by atoms with Gasteiger partial charge in [0.2, 0.25) is 0 Å². The number of nitrogens with one attached hydrogen (secondary N) is 1. The van der Waals surface area contributed by atoms with Gasteiger partial charge < -0.3 is 11.1 Å². The predicted molar refractivity (Wildman–Crippen MR) is 81.7 cm³/mol. The molecule has 1 aromatic carbocycles. The highest BCUT2D eigenvalue weighted by Crippen LogP contribution is 2.17. The fourth-order valence-corrected chi connectivity index (χ4v) is 2.55. The average molecular weight is 283 g/mol. The first kappa shape index (κ1) is 15.8. The summed E-state index contributed by atoms with van der Waals surface area (Å²) < 4.78 is 0. The Morgan fingerprint density at radius 1 is 1.11 bits per heavy atom. The molecule has 3 nitrogen and oxygen atoms in total. The van der Waals surface area contributed by atoms with E-state index in [2.05, 4.69) is 5.32 Å². The van der Waals surface area contributed by atoms with Gasteiger partial charge in [-0.05, 0) is 31.0 Å². The van der Waals surface area contributed by atoms with Gasteiger partial charge in [0.25, 0.3) is 5.91 Å². The molecule has 1 saturated carbocycles. The van der Waals surface area contributed by atoms with E-state index >= 15 is 0 Å². The third kappa shape index (κ3) is 5.11. The van der Waals surface area contributed by atoms with Crippen molar-refractivity contribution in [2.24, 2.45) is 0 Å². The number of benzene rings is 1. The average Bonchev–Trinajstić information content (AvgIpc) is 2.32. The van der Waals surface area contributed by atoms with Gasteiger partial charge in [0, 0.05) is 17.3 Å². The number of rotatable bonds is 2. The fraction of sp³-hybridized carbons (Fsp3) is 0.533. The highest BCUT2D eigenvalue weighted by molar-refractivity contribution is 5.95. The molecule has 0 bridgehead atoms. The minimum absolute atomic E-state index is 0. The minimum Gasteiger partial charge on any atom is -0.399 e. The number of nitrogens with two attached hydrogens (primary N) is 1. The van der Waals surface area contributed by atoms with Gasteiger partial charge in [0.15, 0.2) is 0 Å². The second-order valence-corrected chi connectivity index (χ2v) is 5.14. The number of halogens is 1. The quantitative estimate of drug-likeness (QED) is 0.815. The maximum Gasteiger partial charge on any atom is 0.251 e. The molecule has 0 spiro atoms. The van der Waals surface area contributed by atoms with Crippen LogP contribution in [-0.2, 0) is 0 Å². The zero-order chi connectivity index (χ0) is 12.8. The lowest BCUT2D eigenvalue weighted by Gasteiger charge is -2.21. The van der Waals surface area contributed by atoms with Crippen molar-refractivity contribution < 1.29 is 4.79 Å². The topological polar surface area (TPSA) is 55.1 Å². The van der Waals surface area contributed by atoms with Crippen molar-refractivity contribution in [1.29, 1.82) is 0 Å². The Bertz CT molecular complexity index is 401. The van der Waals surface area contributed by atoms with E-state index in [0.717, 1.165) is 12.8 Å². The summed E-state index contributed by atoms with van der Waals surface area (Å²) >= 11 is 0. The summed E-state index contributed by atoms with van der Waals surface area (Å²) in [6.07, 6.45) is 8.59. The van der Waals surface area contributed by atoms with Crippen molar-refractivity contribution in [2.75, 3.05) is 5.73 Å². The van der Waals surface area contributed by atoms with E-state index in [1.807, 2.05) is 12.1 Å². The molecule has 1 aromatic rings. The van der Waals surface area contributed by atoms with Crippen molar-refractivity contribution in [3.63, 3.8) is 0 Å². The van der Waals surface area contributed by atoms with Gasteiger partial charge in [0.05, 0.1) is 0 Å². The largest absolute Gasteiger partial charge is 0.399 e. The van der Waals surface area contributed by atoms with E-state index in [0.29, 0.717) is 17.3 Å². The molecule has 4 heteroatoms. The van der Waals surface area contributed by atoms with Crippen LogP contribution in [0.2, 0.25) is 0 Å². The molecule has 1 aliphatic rings. The monoisotopic (exact) mass is 282 g/mol. The Kier molecular flexibility index (Phi) is 6.71. The zero-order valence-electron chi connectivity index (χ0n) is 11.2. The summed E-state index contributed by atoms with van der Waals surface area (Å²) in [6, 6.07) is 7.50. The number of hydrogen-bond donors (Lipinski definition) is 2. The molecule has 0 aromatic heterocycles. The molecule has 3 N–H and O–H groups in total. The third-order valence-corrected chi connectivity index (χ3v) is 3.59. The predicted octanol–water partition coefficient (Wildman–Crippen LogP) is 3.53. The van der Waals surface area contributed by atoms with Crippen LogP contribution in [0.3, 0.4) is 0 Å². The number of nitrogen functional groups attached to an aromatic ring is 1. The van der Waals surface area contributed by atoms with E-state index in [-0.39, 0.29) is 18.3 Å². The second-order valence-electron chi connectivity index (χ2n) is 5.14. The number of anilines is 1. The van der Waals surface area contributed by atoms with Gasteiger partial charge in [-0.1, -0.05) is 38.2 Å². The van der Waals surface area contributed by atoms with Crippen molar-refractivity contribution in [1.82, 2.24) is 5.32 Å². The molecule has 1 amide bonds. The summed E-state index contributed by atoms with van der Waals surface area (Å²) in [5.74, 6) is 0.00729. The first-order valence-electron chi connectivity index (χ1n) is 6.92. The zero-order valence-corrected chi connectivity index (χ0v) is 12.0. The summed E-state index contributed by atoms with van der Waals surface area (Å²) in [5.41, 5.74) is 7.00. The Hall–Kier alpha value is -1.22. The molecular weight excluding hydrogens is 260 g/mol. The van der Waals surface area contributed by atoms with Gasteiger partial charge >= 0.3 is 0 Å². The molecule has 0 atom stereocenters. The van der Waals surface area contributed by atoms with Crippen molar-refractivity contribution >= 4 is 24.0 Å². The Morgan fingerprint density at radius 2 is 1.74 bits per heavy atom. The van der Waals surface area contributed by atoms with E-state index in [9.17, 15) is 4.79 Å². The molecule has 106 valence electrons. The SMILES string of the molecule is Cl.Nc1cccc(C(=O)NC2CCCCCCC2)c1. The number of carbonyl (C=O) groups excluding carboxylic acids is 1. The van der Waals surface area contributed by atoms with Crippen LogP contribution in [0, 0.1) is 0 Å². The maximum absolute atomic E-state index is 12.1. The first-order valence-corrected chi connectivity index (χ1v) is 6.92. The van der Waals surface area contributed by atoms with Crippen LogP contribution in [0.25, 0.3) is 0 Å². The molecule has 0 radical (unpaired) electrons. The van der Waals surface area contributed by atoms with Crippen LogP contribution in [0.15, 0.2) is 24.3 Å². The summed E-state index contributed by atoms with van der Waals surface area (Å²) in [5, 5.41) is 3.14. The van der Waals surface area contributed by atoms with E-state index in [1.54, 1.807) is 12.1 Å². The summed E-state index contributed by atoms with van der Waals surface area (Å²) in [7, 11) is 0. The van der Waals surface area contributed by atoms with Gasteiger partial charge in [-0.15, -0.1) is 12.4 Å². The highest BCUT2D eigenvalue weighted by Gasteiger charge is 2.15. The molecule has 1 fully saturated rings. The van der Waals surface area contributed by atoms with Crippen LogP contribution in [0.5, 0.6) is 0 Å². The molecule has 0 heterocycles. The molecule has 2 rings (SSSR count). The number of hydrogen-bond acceptors (Lipinski definition) is 2. The van der Waals surface area contributed by atoms with Crippen LogP contribution in [0.1, 0.15) is 55.3 Å². The van der Waals surface area contributed by atoms with E-state index in [1.165, 1.54) is 32.1 Å². The standard InChI is InChI=1S/C15H22N2O.ClH/c16-13-8-6-7-12(11-13)15(18)17-14-9-4-2-1-3-5-10-14;/h6-8,11,14H,1-5,9-10,16H2,(H,17,18);1H. The smallest absolute Gasteiger partial charge is 0.251 e. The second kappa shape index (κ2) is 8.05. The van der Waals surface area contributed by atoms with Gasteiger partial charge in [0.1, 0.15) is 0 Å². The minimum atomic E-state index is 0. The fourth-order valence-electron chi connectivity index (χ4n) is 2.55. The van der Waals surface area contributed by atoms with Gasteiger partial charge in [-0.25, -0.2) is 0 Å². The lowest BCUT2D eigenvalue weighted by Crippen LogP contribution is -2.35. The maximum atomic E-state index is 12.1. The third-order valence-electron chi connectivity index (χ3n) is 3.59. The molecule has 19 heavy (non-hydrogen) atoms. The molecule has 0 aliphatic heterocycles. The molecule has 0 saturated heterocycles.